The van der Waals surface area contributed by atoms with Gasteiger partial charge in [0.1, 0.15) is 12.3 Å². The largest absolute Gasteiger partial charge is 0.472 e. The SMILES string of the molecule is CCN(CC)[C@@H](C)CNC(O)c1cc(O[C@H]2CCOC2)nc(-c2cnn3ccc(-c4cccs4)nc23)c1. The molecule has 0 saturated carbocycles. The Morgan fingerprint density at radius 1 is 1.24 bits per heavy atom. The quantitative estimate of drug-likeness (QED) is 0.285. The summed E-state index contributed by atoms with van der Waals surface area (Å²) in [6.07, 6.45) is 3.54. The van der Waals surface area contributed by atoms with Crippen molar-refractivity contribution in [3.63, 3.8) is 0 Å². The van der Waals surface area contributed by atoms with Crippen LogP contribution in [0.5, 0.6) is 5.88 Å². The molecule has 1 fully saturated rings. The number of rotatable bonds is 11. The van der Waals surface area contributed by atoms with Gasteiger partial charge >= 0.3 is 0 Å². The van der Waals surface area contributed by atoms with Crippen molar-refractivity contribution in [1.82, 2.24) is 29.8 Å². The Hall–Kier alpha value is -2.89. The number of hydrogen-bond donors (Lipinski definition) is 2. The summed E-state index contributed by atoms with van der Waals surface area (Å²) in [6.45, 7) is 10.2. The number of hydrogen-bond acceptors (Lipinski definition) is 9. The summed E-state index contributed by atoms with van der Waals surface area (Å²) in [6, 6.07) is 10.00. The van der Waals surface area contributed by atoms with Gasteiger partial charge in [0.2, 0.25) is 5.88 Å². The molecule has 4 aromatic heterocycles. The Morgan fingerprint density at radius 2 is 2.11 bits per heavy atom. The van der Waals surface area contributed by atoms with E-state index < -0.39 is 6.23 Å². The van der Waals surface area contributed by atoms with E-state index in [2.05, 4.69) is 42.2 Å². The first-order valence-electron chi connectivity index (χ1n) is 12.9. The molecule has 1 aliphatic rings. The fourth-order valence-electron chi connectivity index (χ4n) is 4.65. The van der Waals surface area contributed by atoms with Crippen molar-refractivity contribution in [2.75, 3.05) is 32.8 Å². The minimum absolute atomic E-state index is 0.0594. The Bertz CT molecular complexity index is 1300. The molecule has 1 saturated heterocycles. The Morgan fingerprint density at radius 3 is 2.84 bits per heavy atom. The molecule has 0 spiro atoms. The van der Waals surface area contributed by atoms with Gasteiger partial charge in [-0.2, -0.15) is 5.10 Å². The molecular formula is C27H34N6O3S. The highest BCUT2D eigenvalue weighted by Crippen LogP contribution is 2.30. The van der Waals surface area contributed by atoms with E-state index in [9.17, 15) is 5.11 Å². The minimum Gasteiger partial charge on any atom is -0.472 e. The van der Waals surface area contributed by atoms with E-state index in [0.29, 0.717) is 42.5 Å². The van der Waals surface area contributed by atoms with Gasteiger partial charge in [-0.3, -0.25) is 10.2 Å². The normalized spacial score (nSPS) is 17.5. The van der Waals surface area contributed by atoms with Gasteiger partial charge in [-0.1, -0.05) is 19.9 Å². The van der Waals surface area contributed by atoms with E-state index in [1.165, 1.54) is 0 Å². The zero-order chi connectivity index (χ0) is 25.8. The highest BCUT2D eigenvalue weighted by atomic mass is 32.1. The number of nitrogens with zero attached hydrogens (tertiary/aromatic N) is 5. The smallest absolute Gasteiger partial charge is 0.214 e. The predicted molar refractivity (Wildman–Crippen MR) is 145 cm³/mol. The van der Waals surface area contributed by atoms with Gasteiger partial charge in [-0.25, -0.2) is 14.5 Å². The zero-order valence-corrected chi connectivity index (χ0v) is 22.3. The van der Waals surface area contributed by atoms with E-state index in [0.717, 1.165) is 35.6 Å². The summed E-state index contributed by atoms with van der Waals surface area (Å²) in [5.41, 5.74) is 3.68. The van der Waals surface area contributed by atoms with Crippen LogP contribution in [0, 0.1) is 0 Å². The van der Waals surface area contributed by atoms with E-state index in [4.69, 9.17) is 19.4 Å². The van der Waals surface area contributed by atoms with Crippen molar-refractivity contribution in [2.45, 2.75) is 45.6 Å². The first-order valence-corrected chi connectivity index (χ1v) is 13.7. The second-order valence-corrected chi connectivity index (χ2v) is 10.2. The van der Waals surface area contributed by atoms with Gasteiger partial charge in [0, 0.05) is 36.8 Å². The number of aliphatic hydroxyl groups is 1. The standard InChI is InChI=1S/C27H34N6O3S/c1-4-32(5-2)18(3)15-28-27(34)19-13-23(30-25(14-19)36-20-9-11-35-17-20)21-16-29-33-10-8-22(31-26(21)33)24-7-6-12-37-24/h6-8,10,12-14,16,18,20,27-28,34H,4-5,9,11,15,17H2,1-3H3/t18-,20-,27?/m0/s1. The number of aliphatic hydroxyl groups excluding tert-OH is 1. The maximum atomic E-state index is 11.1. The monoisotopic (exact) mass is 522 g/mol. The molecule has 3 atom stereocenters. The third-order valence-corrected chi connectivity index (χ3v) is 7.67. The number of pyridine rings is 1. The van der Waals surface area contributed by atoms with Crippen molar-refractivity contribution in [2.24, 2.45) is 0 Å². The Kier molecular flexibility index (Phi) is 8.11. The number of fused-ring (bicyclic) bond motifs is 1. The number of aromatic nitrogens is 4. The lowest BCUT2D eigenvalue weighted by atomic mass is 10.1. The molecule has 0 aromatic carbocycles. The van der Waals surface area contributed by atoms with Gasteiger partial charge < -0.3 is 14.6 Å². The molecule has 196 valence electrons. The van der Waals surface area contributed by atoms with Crippen LogP contribution in [0.1, 0.15) is 39.0 Å². The van der Waals surface area contributed by atoms with Crippen LogP contribution < -0.4 is 10.1 Å². The van der Waals surface area contributed by atoms with Crippen LogP contribution in [0.2, 0.25) is 0 Å². The second kappa shape index (κ2) is 11.7. The highest BCUT2D eigenvalue weighted by molar-refractivity contribution is 7.13. The van der Waals surface area contributed by atoms with Crippen molar-refractivity contribution < 1.29 is 14.6 Å². The molecule has 4 aromatic rings. The first kappa shape index (κ1) is 25.7. The summed E-state index contributed by atoms with van der Waals surface area (Å²) in [4.78, 5) is 13.1. The first-order chi connectivity index (χ1) is 18.1. The molecular weight excluding hydrogens is 488 g/mol. The van der Waals surface area contributed by atoms with Crippen molar-refractivity contribution >= 4 is 17.0 Å². The molecule has 5 rings (SSSR count). The average Bonchev–Trinajstić information content (AvgIpc) is 3.69. The molecule has 0 bridgehead atoms. The van der Waals surface area contributed by atoms with Crippen LogP contribution in [0.3, 0.4) is 0 Å². The Balaban J connectivity index is 1.47. The molecule has 1 aliphatic heterocycles. The lowest BCUT2D eigenvalue weighted by molar-refractivity contribution is 0.119. The number of nitrogens with one attached hydrogen (secondary N) is 1. The molecule has 0 amide bonds. The zero-order valence-electron chi connectivity index (χ0n) is 21.5. The van der Waals surface area contributed by atoms with E-state index in [-0.39, 0.29) is 12.1 Å². The summed E-state index contributed by atoms with van der Waals surface area (Å²) >= 11 is 1.64. The molecule has 5 heterocycles. The number of ether oxygens (including phenoxy) is 2. The third kappa shape index (κ3) is 5.83. The number of likely N-dealkylation sites (N-methyl/N-ethyl adjacent to an activating group) is 1. The van der Waals surface area contributed by atoms with Gasteiger partial charge in [-0.05, 0) is 43.6 Å². The van der Waals surface area contributed by atoms with Gasteiger partial charge in [0.25, 0.3) is 0 Å². The predicted octanol–water partition coefficient (Wildman–Crippen LogP) is 4.00. The average molecular weight is 523 g/mol. The van der Waals surface area contributed by atoms with Crippen LogP contribution >= 0.6 is 11.3 Å². The maximum Gasteiger partial charge on any atom is 0.214 e. The summed E-state index contributed by atoms with van der Waals surface area (Å²) in [5, 5.41) is 20.9. The van der Waals surface area contributed by atoms with Gasteiger partial charge in [-0.15, -0.1) is 11.3 Å². The molecule has 1 unspecified atom stereocenters. The molecule has 0 aliphatic carbocycles. The van der Waals surface area contributed by atoms with Crippen molar-refractivity contribution in [1.29, 1.82) is 0 Å². The van der Waals surface area contributed by atoms with Crippen LogP contribution in [-0.4, -0.2) is 74.6 Å². The van der Waals surface area contributed by atoms with Gasteiger partial charge in [0.05, 0.1) is 41.2 Å². The lowest BCUT2D eigenvalue weighted by Crippen LogP contribution is -2.41. The fourth-order valence-corrected chi connectivity index (χ4v) is 5.34. The highest BCUT2D eigenvalue weighted by Gasteiger charge is 2.22. The molecule has 37 heavy (non-hydrogen) atoms. The topological polar surface area (TPSA) is 97.0 Å². The van der Waals surface area contributed by atoms with Crippen molar-refractivity contribution in [3.8, 4) is 27.7 Å². The lowest BCUT2D eigenvalue weighted by Gasteiger charge is -2.27. The summed E-state index contributed by atoms with van der Waals surface area (Å²) in [5.74, 6) is 0.453. The van der Waals surface area contributed by atoms with E-state index >= 15 is 0 Å². The molecule has 10 heteroatoms. The second-order valence-electron chi connectivity index (χ2n) is 9.22. The van der Waals surface area contributed by atoms with Crippen LogP contribution in [0.25, 0.3) is 27.5 Å². The minimum atomic E-state index is -0.876. The summed E-state index contributed by atoms with van der Waals surface area (Å²) in [7, 11) is 0. The molecule has 0 radical (unpaired) electrons. The molecule has 9 nitrogen and oxygen atoms in total. The van der Waals surface area contributed by atoms with Crippen LogP contribution in [-0.2, 0) is 4.74 Å². The third-order valence-electron chi connectivity index (χ3n) is 6.78. The van der Waals surface area contributed by atoms with Crippen LogP contribution in [0.15, 0.2) is 48.1 Å². The molecule has 2 N–H and O–H groups in total. The fraction of sp³-hybridized carbons (Fsp3) is 0.444. The number of thiophene rings is 1. The van der Waals surface area contributed by atoms with Gasteiger partial charge in [0.15, 0.2) is 5.65 Å². The van der Waals surface area contributed by atoms with Crippen LogP contribution in [0.4, 0.5) is 0 Å². The Labute approximate surface area is 221 Å². The van der Waals surface area contributed by atoms with E-state index in [1.54, 1.807) is 28.1 Å². The summed E-state index contributed by atoms with van der Waals surface area (Å²) < 4.78 is 13.4. The van der Waals surface area contributed by atoms with E-state index in [1.807, 2.05) is 29.8 Å². The maximum absolute atomic E-state index is 11.1. The van der Waals surface area contributed by atoms with Crippen molar-refractivity contribution in [3.05, 3.63) is 53.7 Å².